The zero-order chi connectivity index (χ0) is 14.3. The molecule has 0 aromatic carbocycles. The molecule has 0 aliphatic carbocycles. The van der Waals surface area contributed by atoms with Crippen LogP contribution in [-0.4, -0.2) is 48.2 Å². The van der Waals surface area contributed by atoms with E-state index in [1.54, 1.807) is 11.9 Å². The number of nitrogens with zero attached hydrogens (tertiary/aromatic N) is 4. The third kappa shape index (κ3) is 5.11. The molecule has 6 heteroatoms. The number of carboxylic acid groups (broad SMARTS) is 1. The maximum atomic E-state index is 10.7. The molecule has 106 valence electrons. The van der Waals surface area contributed by atoms with Gasteiger partial charge in [0.25, 0.3) is 0 Å². The van der Waals surface area contributed by atoms with Crippen molar-refractivity contribution in [2.75, 3.05) is 37.0 Å². The van der Waals surface area contributed by atoms with Crippen LogP contribution < -0.4 is 9.80 Å². The van der Waals surface area contributed by atoms with Crippen LogP contribution in [0.5, 0.6) is 0 Å². The van der Waals surface area contributed by atoms with E-state index in [-0.39, 0.29) is 6.54 Å². The second-order valence-electron chi connectivity index (χ2n) is 4.61. The van der Waals surface area contributed by atoms with Gasteiger partial charge in [0.05, 0.1) is 0 Å². The number of rotatable bonds is 8. The fourth-order valence-electron chi connectivity index (χ4n) is 1.75. The topological polar surface area (TPSA) is 69.6 Å². The predicted octanol–water partition coefficient (Wildman–Crippen LogP) is 1.62. The van der Waals surface area contributed by atoms with Crippen molar-refractivity contribution in [2.24, 2.45) is 0 Å². The van der Waals surface area contributed by atoms with Crippen molar-refractivity contribution in [3.05, 3.63) is 12.4 Å². The molecular weight excluding hydrogens is 244 g/mol. The standard InChI is InChI=1S/C13H22N4O2/c1-4-5-6-7-16(2)11-8-12(15-10-14-11)17(3)9-13(18)19/h8,10H,4-7,9H2,1-3H3,(H,18,19). The molecule has 0 spiro atoms. The van der Waals surface area contributed by atoms with E-state index in [9.17, 15) is 4.79 Å². The normalized spacial score (nSPS) is 10.3. The second-order valence-corrected chi connectivity index (χ2v) is 4.61. The first-order chi connectivity index (χ1) is 9.04. The van der Waals surface area contributed by atoms with Crippen LogP contribution >= 0.6 is 0 Å². The number of carboxylic acids is 1. The summed E-state index contributed by atoms with van der Waals surface area (Å²) in [5.41, 5.74) is 0. The number of aromatic nitrogens is 2. The highest BCUT2D eigenvalue weighted by Crippen LogP contribution is 2.15. The first kappa shape index (κ1) is 15.2. The van der Waals surface area contributed by atoms with Gasteiger partial charge in [-0.25, -0.2) is 9.97 Å². The largest absolute Gasteiger partial charge is 0.480 e. The van der Waals surface area contributed by atoms with Crippen molar-refractivity contribution in [3.63, 3.8) is 0 Å². The van der Waals surface area contributed by atoms with Crippen LogP contribution in [0.15, 0.2) is 12.4 Å². The Morgan fingerprint density at radius 2 is 1.84 bits per heavy atom. The molecule has 0 radical (unpaired) electrons. The summed E-state index contributed by atoms with van der Waals surface area (Å²) in [5, 5.41) is 8.77. The van der Waals surface area contributed by atoms with Gasteiger partial charge in [-0.3, -0.25) is 4.79 Å². The molecular formula is C13H22N4O2. The minimum atomic E-state index is -0.876. The molecule has 0 atom stereocenters. The van der Waals surface area contributed by atoms with Gasteiger partial charge in [0.1, 0.15) is 24.5 Å². The lowest BCUT2D eigenvalue weighted by Gasteiger charge is -2.20. The lowest BCUT2D eigenvalue weighted by Crippen LogP contribution is -2.27. The number of hydrogen-bond acceptors (Lipinski definition) is 5. The molecule has 1 rings (SSSR count). The molecule has 0 amide bonds. The van der Waals surface area contributed by atoms with Gasteiger partial charge in [-0.05, 0) is 6.42 Å². The van der Waals surface area contributed by atoms with E-state index in [2.05, 4.69) is 21.8 Å². The van der Waals surface area contributed by atoms with Crippen molar-refractivity contribution >= 4 is 17.6 Å². The van der Waals surface area contributed by atoms with Crippen molar-refractivity contribution in [1.82, 2.24) is 9.97 Å². The van der Waals surface area contributed by atoms with Gasteiger partial charge in [-0.2, -0.15) is 0 Å². The van der Waals surface area contributed by atoms with Crippen LogP contribution in [0, 0.1) is 0 Å². The number of likely N-dealkylation sites (N-methyl/N-ethyl adjacent to an activating group) is 1. The number of aliphatic carboxylic acids is 1. The van der Waals surface area contributed by atoms with E-state index in [0.29, 0.717) is 5.82 Å². The summed E-state index contributed by atoms with van der Waals surface area (Å²) < 4.78 is 0. The summed E-state index contributed by atoms with van der Waals surface area (Å²) in [7, 11) is 3.69. The van der Waals surface area contributed by atoms with E-state index in [0.717, 1.165) is 18.8 Å². The molecule has 0 aliphatic heterocycles. The number of anilines is 2. The molecule has 0 aliphatic rings. The number of hydrogen-bond donors (Lipinski definition) is 1. The molecule has 0 bridgehead atoms. The van der Waals surface area contributed by atoms with E-state index >= 15 is 0 Å². The summed E-state index contributed by atoms with van der Waals surface area (Å²) >= 11 is 0. The van der Waals surface area contributed by atoms with E-state index in [1.165, 1.54) is 19.2 Å². The maximum Gasteiger partial charge on any atom is 0.323 e. The summed E-state index contributed by atoms with van der Waals surface area (Å²) in [6.07, 6.45) is 4.97. The summed E-state index contributed by atoms with van der Waals surface area (Å²) in [4.78, 5) is 22.7. The Hall–Kier alpha value is -1.85. The van der Waals surface area contributed by atoms with Gasteiger partial charge in [-0.1, -0.05) is 19.8 Å². The van der Waals surface area contributed by atoms with Crippen molar-refractivity contribution in [3.8, 4) is 0 Å². The van der Waals surface area contributed by atoms with Crippen molar-refractivity contribution in [2.45, 2.75) is 26.2 Å². The third-order valence-corrected chi connectivity index (χ3v) is 2.89. The van der Waals surface area contributed by atoms with Gasteiger partial charge < -0.3 is 14.9 Å². The van der Waals surface area contributed by atoms with E-state index in [4.69, 9.17) is 5.11 Å². The highest BCUT2D eigenvalue weighted by molar-refractivity contribution is 5.73. The first-order valence-corrected chi connectivity index (χ1v) is 6.50. The van der Waals surface area contributed by atoms with Crippen LogP contribution in [0.4, 0.5) is 11.6 Å². The smallest absolute Gasteiger partial charge is 0.323 e. The molecule has 1 heterocycles. The van der Waals surface area contributed by atoms with Gasteiger partial charge in [-0.15, -0.1) is 0 Å². The average Bonchev–Trinajstić information content (AvgIpc) is 2.38. The van der Waals surface area contributed by atoms with Crippen molar-refractivity contribution < 1.29 is 9.90 Å². The minimum Gasteiger partial charge on any atom is -0.480 e. The summed E-state index contributed by atoms with van der Waals surface area (Å²) in [6.45, 7) is 3.03. The Kier molecular flexibility index (Phi) is 6.05. The quantitative estimate of drug-likeness (QED) is 0.721. The van der Waals surface area contributed by atoms with Crippen LogP contribution in [0.25, 0.3) is 0 Å². The Morgan fingerprint density at radius 3 is 2.42 bits per heavy atom. The summed E-state index contributed by atoms with van der Waals surface area (Å²) in [6, 6.07) is 1.81. The van der Waals surface area contributed by atoms with Gasteiger partial charge in [0.2, 0.25) is 0 Å². The van der Waals surface area contributed by atoms with E-state index in [1.807, 2.05) is 13.1 Å². The highest BCUT2D eigenvalue weighted by Gasteiger charge is 2.09. The predicted molar refractivity (Wildman–Crippen MR) is 75.7 cm³/mol. The molecule has 0 saturated heterocycles. The Morgan fingerprint density at radius 1 is 1.21 bits per heavy atom. The van der Waals surface area contributed by atoms with Crippen LogP contribution in [0.3, 0.4) is 0 Å². The zero-order valence-corrected chi connectivity index (χ0v) is 11.8. The summed E-state index contributed by atoms with van der Waals surface area (Å²) in [5.74, 6) is 0.562. The van der Waals surface area contributed by atoms with Crippen molar-refractivity contribution in [1.29, 1.82) is 0 Å². The minimum absolute atomic E-state index is 0.0734. The molecule has 19 heavy (non-hydrogen) atoms. The molecule has 6 nitrogen and oxygen atoms in total. The monoisotopic (exact) mass is 266 g/mol. The number of unbranched alkanes of at least 4 members (excludes halogenated alkanes) is 2. The lowest BCUT2D eigenvalue weighted by atomic mass is 10.2. The van der Waals surface area contributed by atoms with Gasteiger partial charge in [0, 0.05) is 26.7 Å². The van der Waals surface area contributed by atoms with Crippen LogP contribution in [0.1, 0.15) is 26.2 Å². The molecule has 1 N–H and O–H groups in total. The Bertz CT molecular complexity index is 411. The average molecular weight is 266 g/mol. The van der Waals surface area contributed by atoms with E-state index < -0.39 is 5.97 Å². The SMILES string of the molecule is CCCCCN(C)c1cc(N(C)CC(=O)O)ncn1. The Labute approximate surface area is 114 Å². The number of carbonyl (C=O) groups is 1. The molecule has 1 aromatic rings. The third-order valence-electron chi connectivity index (χ3n) is 2.89. The fourth-order valence-corrected chi connectivity index (χ4v) is 1.75. The van der Waals surface area contributed by atoms with Crippen LogP contribution in [-0.2, 0) is 4.79 Å². The fraction of sp³-hybridized carbons (Fsp3) is 0.615. The Balaban J connectivity index is 2.67. The van der Waals surface area contributed by atoms with Gasteiger partial charge in [0.15, 0.2) is 0 Å². The van der Waals surface area contributed by atoms with Crippen LogP contribution in [0.2, 0.25) is 0 Å². The molecule has 0 saturated carbocycles. The second kappa shape index (κ2) is 7.56. The van der Waals surface area contributed by atoms with Gasteiger partial charge >= 0.3 is 5.97 Å². The maximum absolute atomic E-state index is 10.7. The molecule has 0 unspecified atom stereocenters. The lowest BCUT2D eigenvalue weighted by molar-refractivity contribution is -0.135. The zero-order valence-electron chi connectivity index (χ0n) is 11.8. The molecule has 0 fully saturated rings. The highest BCUT2D eigenvalue weighted by atomic mass is 16.4. The first-order valence-electron chi connectivity index (χ1n) is 6.50. The molecule has 1 aromatic heterocycles.